The van der Waals surface area contributed by atoms with E-state index in [1.54, 1.807) is 0 Å². The van der Waals surface area contributed by atoms with Crippen LogP contribution in [0.4, 0.5) is 0 Å². The lowest BCUT2D eigenvalue weighted by molar-refractivity contribution is -0.125. The number of hydrogen-bond donors (Lipinski definition) is 2. The number of rotatable bonds is 5. The highest BCUT2D eigenvalue weighted by atomic mass is 16.2. The second-order valence-corrected chi connectivity index (χ2v) is 6.16. The summed E-state index contributed by atoms with van der Waals surface area (Å²) >= 11 is 0. The van der Waals surface area contributed by atoms with Gasteiger partial charge in [-0.1, -0.05) is 19.3 Å². The van der Waals surface area contributed by atoms with E-state index in [2.05, 4.69) is 15.5 Å². The third-order valence-electron chi connectivity index (χ3n) is 4.49. The van der Waals surface area contributed by atoms with E-state index >= 15 is 0 Å². The van der Waals surface area contributed by atoms with Crippen molar-refractivity contribution in [2.75, 3.05) is 26.2 Å². The van der Waals surface area contributed by atoms with Gasteiger partial charge in [-0.15, -0.1) is 0 Å². The highest BCUT2D eigenvalue weighted by Gasteiger charge is 2.28. The van der Waals surface area contributed by atoms with Crippen LogP contribution in [0.1, 0.15) is 45.4 Å². The number of amides is 2. The van der Waals surface area contributed by atoms with Crippen molar-refractivity contribution in [3.05, 3.63) is 0 Å². The molecular weight excluding hydrogens is 254 g/mol. The summed E-state index contributed by atoms with van der Waals surface area (Å²) in [4.78, 5) is 24.9. The molecule has 1 saturated heterocycles. The maximum absolute atomic E-state index is 11.5. The van der Waals surface area contributed by atoms with E-state index in [4.69, 9.17) is 0 Å². The largest absolute Gasteiger partial charge is 0.354 e. The fourth-order valence-corrected chi connectivity index (χ4v) is 3.33. The van der Waals surface area contributed by atoms with E-state index in [0.717, 1.165) is 19.1 Å². The summed E-state index contributed by atoms with van der Waals surface area (Å²) in [6.45, 7) is 4.55. The molecule has 1 unspecified atom stereocenters. The molecule has 1 aliphatic heterocycles. The molecule has 2 amide bonds. The minimum absolute atomic E-state index is 0.0867. The zero-order valence-electron chi connectivity index (χ0n) is 12.5. The summed E-state index contributed by atoms with van der Waals surface area (Å²) in [5, 5.41) is 5.44. The number of carbonyl (C=O) groups excluding carboxylic acids is 2. The topological polar surface area (TPSA) is 61.4 Å². The van der Waals surface area contributed by atoms with Gasteiger partial charge < -0.3 is 15.5 Å². The first kappa shape index (κ1) is 15.3. The molecule has 20 heavy (non-hydrogen) atoms. The molecule has 2 fully saturated rings. The molecule has 5 nitrogen and oxygen atoms in total. The van der Waals surface area contributed by atoms with Crippen molar-refractivity contribution in [2.45, 2.75) is 51.5 Å². The zero-order valence-corrected chi connectivity index (χ0v) is 12.5. The van der Waals surface area contributed by atoms with Crippen molar-refractivity contribution in [3.8, 4) is 0 Å². The van der Waals surface area contributed by atoms with Crippen LogP contribution < -0.4 is 10.6 Å². The highest BCUT2D eigenvalue weighted by Crippen LogP contribution is 2.27. The lowest BCUT2D eigenvalue weighted by Crippen LogP contribution is -2.39. The number of nitrogens with zero attached hydrogens (tertiary/aromatic N) is 1. The first-order valence-corrected chi connectivity index (χ1v) is 7.90. The molecule has 5 heteroatoms. The molecular formula is C15H27N3O2. The molecule has 0 spiro atoms. The second kappa shape index (κ2) is 7.62. The van der Waals surface area contributed by atoms with E-state index < -0.39 is 0 Å². The first-order chi connectivity index (χ1) is 9.65. The molecule has 114 valence electrons. The summed E-state index contributed by atoms with van der Waals surface area (Å²) in [5.41, 5.74) is 0. The van der Waals surface area contributed by atoms with Crippen LogP contribution in [-0.4, -0.2) is 48.9 Å². The monoisotopic (exact) mass is 281 g/mol. The van der Waals surface area contributed by atoms with Gasteiger partial charge in [0.1, 0.15) is 0 Å². The predicted molar refractivity (Wildman–Crippen MR) is 78.2 cm³/mol. The molecule has 2 aliphatic rings. The molecule has 0 aromatic heterocycles. The Morgan fingerprint density at radius 1 is 1.10 bits per heavy atom. The molecule has 1 saturated carbocycles. The molecule has 0 radical (unpaired) electrons. The van der Waals surface area contributed by atoms with E-state index in [0.29, 0.717) is 5.92 Å². The van der Waals surface area contributed by atoms with Gasteiger partial charge in [0.05, 0.1) is 6.54 Å². The van der Waals surface area contributed by atoms with Crippen molar-refractivity contribution in [2.24, 2.45) is 5.92 Å². The minimum Gasteiger partial charge on any atom is -0.354 e. The van der Waals surface area contributed by atoms with Crippen molar-refractivity contribution >= 4 is 11.8 Å². The van der Waals surface area contributed by atoms with Crippen LogP contribution in [-0.2, 0) is 9.59 Å². The number of nitrogens with one attached hydrogen (secondary N) is 2. The van der Waals surface area contributed by atoms with E-state index in [-0.39, 0.29) is 18.4 Å². The van der Waals surface area contributed by atoms with Crippen molar-refractivity contribution < 1.29 is 9.59 Å². The van der Waals surface area contributed by atoms with Crippen LogP contribution in [0.5, 0.6) is 0 Å². The quantitative estimate of drug-likeness (QED) is 0.787. The van der Waals surface area contributed by atoms with Gasteiger partial charge in [0.25, 0.3) is 0 Å². The second-order valence-electron chi connectivity index (χ2n) is 6.16. The Hall–Kier alpha value is -1.10. The summed E-state index contributed by atoms with van der Waals surface area (Å²) in [6, 6.07) is 0.781. The molecule has 1 aliphatic carbocycles. The van der Waals surface area contributed by atoms with Gasteiger partial charge in [-0.25, -0.2) is 0 Å². The van der Waals surface area contributed by atoms with Crippen LogP contribution >= 0.6 is 0 Å². The first-order valence-electron chi connectivity index (χ1n) is 7.90. The Morgan fingerprint density at radius 3 is 2.55 bits per heavy atom. The van der Waals surface area contributed by atoms with Crippen LogP contribution in [0.3, 0.4) is 0 Å². The zero-order chi connectivity index (χ0) is 14.4. The Kier molecular flexibility index (Phi) is 5.83. The summed E-state index contributed by atoms with van der Waals surface area (Å²) in [5.74, 6) is 0.319. The predicted octanol–water partition coefficient (Wildman–Crippen LogP) is 0.893. The smallest absolute Gasteiger partial charge is 0.239 e. The molecule has 2 rings (SSSR count). The molecule has 1 atom stereocenters. The minimum atomic E-state index is -0.163. The van der Waals surface area contributed by atoms with Crippen molar-refractivity contribution in [1.82, 2.24) is 15.5 Å². The summed E-state index contributed by atoms with van der Waals surface area (Å²) in [6.07, 6.45) is 8.02. The fraction of sp³-hybridized carbons (Fsp3) is 0.867. The molecule has 1 heterocycles. The van der Waals surface area contributed by atoms with Gasteiger partial charge in [0.15, 0.2) is 0 Å². The van der Waals surface area contributed by atoms with E-state index in [9.17, 15) is 9.59 Å². The van der Waals surface area contributed by atoms with E-state index in [1.807, 2.05) is 0 Å². The van der Waals surface area contributed by atoms with Gasteiger partial charge >= 0.3 is 0 Å². The number of likely N-dealkylation sites (tertiary alicyclic amines) is 1. The highest BCUT2D eigenvalue weighted by molar-refractivity contribution is 5.83. The lowest BCUT2D eigenvalue weighted by atomic mass is 9.94. The Balaban J connectivity index is 1.63. The summed E-state index contributed by atoms with van der Waals surface area (Å²) < 4.78 is 0. The molecule has 0 aromatic carbocycles. The van der Waals surface area contributed by atoms with Gasteiger partial charge in [-0.3, -0.25) is 9.59 Å². The van der Waals surface area contributed by atoms with E-state index in [1.165, 1.54) is 52.0 Å². The molecule has 0 aromatic rings. The Morgan fingerprint density at radius 2 is 1.85 bits per heavy atom. The third kappa shape index (κ3) is 4.78. The van der Waals surface area contributed by atoms with Gasteiger partial charge in [-0.2, -0.15) is 0 Å². The van der Waals surface area contributed by atoms with Crippen LogP contribution in [0.2, 0.25) is 0 Å². The van der Waals surface area contributed by atoms with Crippen molar-refractivity contribution in [3.63, 3.8) is 0 Å². The molecule has 0 bridgehead atoms. The Bertz CT molecular complexity index is 340. The maximum Gasteiger partial charge on any atom is 0.239 e. The SMILES string of the molecule is CC(=O)NCC(=O)NCC1CCN(C2CCCCC2)C1. The van der Waals surface area contributed by atoms with Gasteiger partial charge in [0.2, 0.25) is 11.8 Å². The number of carbonyl (C=O) groups is 2. The van der Waals surface area contributed by atoms with Crippen LogP contribution in [0.25, 0.3) is 0 Å². The average molecular weight is 281 g/mol. The standard InChI is InChI=1S/C15H27N3O2/c1-12(19)16-10-15(20)17-9-13-7-8-18(11-13)14-5-3-2-4-6-14/h13-14H,2-11H2,1H3,(H,16,19)(H,17,20). The number of hydrogen-bond acceptors (Lipinski definition) is 3. The lowest BCUT2D eigenvalue weighted by Gasteiger charge is -2.31. The third-order valence-corrected chi connectivity index (χ3v) is 4.49. The van der Waals surface area contributed by atoms with Gasteiger partial charge in [-0.05, 0) is 31.7 Å². The fourth-order valence-electron chi connectivity index (χ4n) is 3.33. The maximum atomic E-state index is 11.5. The molecule has 2 N–H and O–H groups in total. The van der Waals surface area contributed by atoms with Crippen molar-refractivity contribution in [1.29, 1.82) is 0 Å². The summed E-state index contributed by atoms with van der Waals surface area (Å²) in [7, 11) is 0. The Labute approximate surface area is 121 Å². The normalized spacial score (nSPS) is 24.6. The van der Waals surface area contributed by atoms with Gasteiger partial charge in [0, 0.05) is 26.1 Å². The van der Waals surface area contributed by atoms with Crippen LogP contribution in [0, 0.1) is 5.92 Å². The average Bonchev–Trinajstić information content (AvgIpc) is 2.93. The van der Waals surface area contributed by atoms with Crippen LogP contribution in [0.15, 0.2) is 0 Å².